The maximum absolute atomic E-state index is 14.6. The summed E-state index contributed by atoms with van der Waals surface area (Å²) in [6.45, 7) is 0.798. The number of aliphatic hydroxyl groups excluding tert-OH is 1. The van der Waals surface area contributed by atoms with E-state index in [1.54, 1.807) is 23.1 Å². The number of carbonyl (C=O) groups is 2. The molecule has 1 heterocycles. The summed E-state index contributed by atoms with van der Waals surface area (Å²) in [6, 6.07) is 10.7. The standard InChI is InChI=1S/C20H21BrFN3O4/c21-15-2-1-3-16(11-15)25(20(28)24-8-6-17(26)7-9-24)12-14-5-4-13(10-18(14)22)19(27)23-29/h1-5,10-11,17,26,29H,6-9,12H2,(H,23,27). The molecule has 1 aliphatic rings. The molecule has 7 nitrogen and oxygen atoms in total. The molecule has 1 fully saturated rings. The number of piperidine rings is 1. The lowest BCUT2D eigenvalue weighted by molar-refractivity contribution is 0.0705. The van der Waals surface area contributed by atoms with Crippen molar-refractivity contribution in [2.45, 2.75) is 25.5 Å². The Morgan fingerprint density at radius 2 is 1.93 bits per heavy atom. The number of nitrogens with one attached hydrogen (secondary N) is 1. The zero-order chi connectivity index (χ0) is 21.0. The van der Waals surface area contributed by atoms with Gasteiger partial charge in [0.1, 0.15) is 5.82 Å². The van der Waals surface area contributed by atoms with Crippen molar-refractivity contribution in [3.8, 4) is 0 Å². The van der Waals surface area contributed by atoms with Crippen molar-refractivity contribution in [2.75, 3.05) is 18.0 Å². The van der Waals surface area contributed by atoms with E-state index in [1.165, 1.54) is 22.5 Å². The van der Waals surface area contributed by atoms with E-state index in [9.17, 15) is 19.1 Å². The summed E-state index contributed by atoms with van der Waals surface area (Å²) in [6.07, 6.45) is 0.579. The number of aliphatic hydroxyl groups is 1. The summed E-state index contributed by atoms with van der Waals surface area (Å²) in [4.78, 5) is 27.8. The number of rotatable bonds is 4. The fourth-order valence-electron chi connectivity index (χ4n) is 3.19. The number of hydroxylamine groups is 1. The van der Waals surface area contributed by atoms with Crippen LogP contribution in [0, 0.1) is 5.82 Å². The van der Waals surface area contributed by atoms with E-state index in [-0.39, 0.29) is 23.7 Å². The third-order valence-corrected chi connectivity index (χ3v) is 5.32. The Kier molecular flexibility index (Phi) is 6.83. The van der Waals surface area contributed by atoms with Gasteiger partial charge in [-0.3, -0.25) is 14.9 Å². The Bertz CT molecular complexity index is 903. The van der Waals surface area contributed by atoms with Crippen LogP contribution in [0.4, 0.5) is 14.9 Å². The summed E-state index contributed by atoms with van der Waals surface area (Å²) in [5, 5.41) is 18.4. The molecular weight excluding hydrogens is 445 g/mol. The first kappa shape index (κ1) is 21.2. The third kappa shape index (κ3) is 5.11. The molecule has 2 aromatic carbocycles. The van der Waals surface area contributed by atoms with Crippen LogP contribution in [0.25, 0.3) is 0 Å². The average molecular weight is 466 g/mol. The maximum atomic E-state index is 14.6. The van der Waals surface area contributed by atoms with Crippen LogP contribution in [0.5, 0.6) is 0 Å². The molecule has 0 unspecified atom stereocenters. The molecule has 1 aliphatic heterocycles. The molecule has 154 valence electrons. The number of hydrogen-bond donors (Lipinski definition) is 3. The molecule has 0 aromatic heterocycles. The molecule has 3 N–H and O–H groups in total. The normalized spacial score (nSPS) is 14.6. The van der Waals surface area contributed by atoms with Gasteiger partial charge < -0.3 is 10.0 Å². The number of hydrogen-bond acceptors (Lipinski definition) is 4. The summed E-state index contributed by atoms with van der Waals surface area (Å²) in [5.41, 5.74) is 2.25. The lowest BCUT2D eigenvalue weighted by atomic mass is 10.1. The Hall–Kier alpha value is -2.49. The van der Waals surface area contributed by atoms with Gasteiger partial charge in [0.25, 0.3) is 5.91 Å². The van der Waals surface area contributed by atoms with E-state index in [2.05, 4.69) is 15.9 Å². The van der Waals surface area contributed by atoms with Gasteiger partial charge in [-0.1, -0.05) is 28.1 Å². The van der Waals surface area contributed by atoms with Gasteiger partial charge in [0, 0.05) is 34.4 Å². The lowest BCUT2D eigenvalue weighted by Gasteiger charge is -2.34. The zero-order valence-corrected chi connectivity index (χ0v) is 17.1. The van der Waals surface area contributed by atoms with Crippen molar-refractivity contribution in [3.63, 3.8) is 0 Å². The van der Waals surface area contributed by atoms with Gasteiger partial charge in [-0.05, 0) is 43.2 Å². The Morgan fingerprint density at radius 1 is 1.21 bits per heavy atom. The van der Waals surface area contributed by atoms with Crippen LogP contribution in [0.15, 0.2) is 46.9 Å². The maximum Gasteiger partial charge on any atom is 0.324 e. The fourth-order valence-corrected chi connectivity index (χ4v) is 3.58. The molecule has 9 heteroatoms. The van der Waals surface area contributed by atoms with Gasteiger partial charge in [-0.2, -0.15) is 0 Å². The number of amides is 3. The number of halogens is 2. The highest BCUT2D eigenvalue weighted by Crippen LogP contribution is 2.25. The molecule has 0 saturated carbocycles. The van der Waals surface area contributed by atoms with Crippen LogP contribution in [-0.2, 0) is 6.54 Å². The second-order valence-corrected chi connectivity index (χ2v) is 7.73. The van der Waals surface area contributed by atoms with Gasteiger partial charge in [0.15, 0.2) is 0 Å². The molecule has 2 aromatic rings. The van der Waals surface area contributed by atoms with Crippen LogP contribution < -0.4 is 10.4 Å². The molecule has 0 bridgehead atoms. The van der Waals surface area contributed by atoms with E-state index in [0.29, 0.717) is 31.6 Å². The largest absolute Gasteiger partial charge is 0.393 e. The molecule has 0 atom stereocenters. The van der Waals surface area contributed by atoms with E-state index >= 15 is 0 Å². The third-order valence-electron chi connectivity index (χ3n) is 4.83. The Morgan fingerprint density at radius 3 is 2.55 bits per heavy atom. The van der Waals surface area contributed by atoms with E-state index in [1.807, 2.05) is 6.07 Å². The highest BCUT2D eigenvalue weighted by molar-refractivity contribution is 9.10. The number of carbonyl (C=O) groups excluding carboxylic acids is 2. The number of benzene rings is 2. The average Bonchev–Trinajstić information content (AvgIpc) is 2.72. The molecule has 0 radical (unpaired) electrons. The van der Waals surface area contributed by atoms with Crippen LogP contribution in [0.1, 0.15) is 28.8 Å². The minimum Gasteiger partial charge on any atom is -0.393 e. The van der Waals surface area contributed by atoms with Crippen molar-refractivity contribution in [1.29, 1.82) is 0 Å². The Labute approximate surface area is 175 Å². The molecule has 3 rings (SSSR count). The Balaban J connectivity index is 1.89. The van der Waals surface area contributed by atoms with Crippen LogP contribution in [0.3, 0.4) is 0 Å². The van der Waals surface area contributed by atoms with Gasteiger partial charge in [-0.15, -0.1) is 0 Å². The molecule has 0 aliphatic carbocycles. The van der Waals surface area contributed by atoms with Crippen molar-refractivity contribution >= 4 is 33.6 Å². The van der Waals surface area contributed by atoms with Crippen molar-refractivity contribution < 1.29 is 24.3 Å². The summed E-state index contributed by atoms with van der Waals surface area (Å²) in [5.74, 6) is -1.48. The number of nitrogens with zero attached hydrogens (tertiary/aromatic N) is 2. The fraction of sp³-hybridized carbons (Fsp3) is 0.300. The molecule has 29 heavy (non-hydrogen) atoms. The first-order valence-electron chi connectivity index (χ1n) is 9.12. The van der Waals surface area contributed by atoms with Gasteiger partial charge in [-0.25, -0.2) is 14.7 Å². The van der Waals surface area contributed by atoms with Crippen LogP contribution in [-0.4, -0.2) is 46.3 Å². The topological polar surface area (TPSA) is 93.1 Å². The summed E-state index contributed by atoms with van der Waals surface area (Å²) >= 11 is 3.39. The van der Waals surface area contributed by atoms with Crippen LogP contribution in [0.2, 0.25) is 0 Å². The number of urea groups is 1. The molecule has 1 saturated heterocycles. The predicted octanol–water partition coefficient (Wildman–Crippen LogP) is 3.29. The summed E-state index contributed by atoms with van der Waals surface area (Å²) < 4.78 is 15.4. The summed E-state index contributed by atoms with van der Waals surface area (Å²) in [7, 11) is 0. The molecule has 3 amide bonds. The van der Waals surface area contributed by atoms with E-state index in [4.69, 9.17) is 5.21 Å². The molecular formula is C20H21BrFN3O4. The van der Waals surface area contributed by atoms with Gasteiger partial charge in [0.2, 0.25) is 0 Å². The van der Waals surface area contributed by atoms with Crippen LogP contribution >= 0.6 is 15.9 Å². The molecule has 0 spiro atoms. The SMILES string of the molecule is O=C(NO)c1ccc(CN(C(=O)N2CCC(O)CC2)c2cccc(Br)c2)c(F)c1. The highest BCUT2D eigenvalue weighted by atomic mass is 79.9. The predicted molar refractivity (Wildman–Crippen MR) is 108 cm³/mol. The zero-order valence-electron chi connectivity index (χ0n) is 15.5. The highest BCUT2D eigenvalue weighted by Gasteiger charge is 2.27. The number of likely N-dealkylation sites (tertiary alicyclic amines) is 1. The lowest BCUT2D eigenvalue weighted by Crippen LogP contribution is -2.47. The quantitative estimate of drug-likeness (QED) is 0.477. The first-order valence-corrected chi connectivity index (χ1v) is 9.91. The smallest absolute Gasteiger partial charge is 0.324 e. The van der Waals surface area contributed by atoms with Crippen molar-refractivity contribution in [3.05, 3.63) is 63.9 Å². The monoisotopic (exact) mass is 465 g/mol. The van der Waals surface area contributed by atoms with E-state index < -0.39 is 17.8 Å². The first-order chi connectivity index (χ1) is 13.9. The van der Waals surface area contributed by atoms with Crippen molar-refractivity contribution in [1.82, 2.24) is 10.4 Å². The minimum atomic E-state index is -0.817. The minimum absolute atomic E-state index is 0.0286. The number of anilines is 1. The van der Waals surface area contributed by atoms with Gasteiger partial charge in [0.05, 0.1) is 12.6 Å². The second kappa shape index (κ2) is 9.34. The van der Waals surface area contributed by atoms with Gasteiger partial charge >= 0.3 is 6.03 Å². The second-order valence-electron chi connectivity index (χ2n) is 6.81. The van der Waals surface area contributed by atoms with Crippen molar-refractivity contribution in [2.24, 2.45) is 0 Å². The van der Waals surface area contributed by atoms with E-state index in [0.717, 1.165) is 10.5 Å².